The van der Waals surface area contributed by atoms with Crippen LogP contribution in [0, 0.1) is 5.92 Å². The Morgan fingerprint density at radius 1 is 0.316 bits per heavy atom. The largest absolute Gasteiger partial charge is 0.475 e. The number of ether oxygens (including phenoxy) is 6. The van der Waals surface area contributed by atoms with Gasteiger partial charge in [0, 0.05) is 56.0 Å². The van der Waals surface area contributed by atoms with E-state index in [1.165, 1.54) is 85.3 Å². The number of benzene rings is 3. The first kappa shape index (κ1) is 57.4. The van der Waals surface area contributed by atoms with Crippen LogP contribution in [0.2, 0.25) is 0 Å². The summed E-state index contributed by atoms with van der Waals surface area (Å²) in [7, 11) is 0. The molecule has 1 radical (unpaired) electrons. The van der Waals surface area contributed by atoms with E-state index < -0.39 is 47.3 Å². The molecule has 76 heavy (non-hydrogen) atoms. The molecular formula is C52H66N3O15S6. The van der Waals surface area contributed by atoms with Gasteiger partial charge in [-0.1, -0.05) is 70.6 Å². The summed E-state index contributed by atoms with van der Waals surface area (Å²) in [5, 5.41) is 61.3. The molecule has 24 heteroatoms. The first-order chi connectivity index (χ1) is 35.6. The zero-order chi connectivity index (χ0) is 55.4. The van der Waals surface area contributed by atoms with Gasteiger partial charge in [-0.25, -0.2) is 0 Å². The van der Waals surface area contributed by atoms with Gasteiger partial charge in [-0.05, 0) is 83.1 Å². The van der Waals surface area contributed by atoms with Gasteiger partial charge in [0.2, 0.25) is 0 Å². The minimum atomic E-state index is -0.989. The van der Waals surface area contributed by atoms with Crippen molar-refractivity contribution in [3.63, 3.8) is 0 Å². The van der Waals surface area contributed by atoms with E-state index in [0.29, 0.717) is 52.0 Å². The normalized spacial score (nSPS) is 19.5. The van der Waals surface area contributed by atoms with Crippen LogP contribution in [0.1, 0.15) is 131 Å². The molecule has 0 unspecified atom stereocenters. The third-order valence-corrected chi connectivity index (χ3v) is 19.6. The molecule has 0 saturated carbocycles. The zero-order valence-electron chi connectivity index (χ0n) is 44.6. The lowest BCUT2D eigenvalue weighted by atomic mass is 9.82. The van der Waals surface area contributed by atoms with E-state index >= 15 is 14.4 Å². The third-order valence-electron chi connectivity index (χ3n) is 12.6. The Bertz CT molecular complexity index is 2440. The number of rotatable bonds is 18. The highest BCUT2D eigenvalue weighted by Gasteiger charge is 2.56. The van der Waals surface area contributed by atoms with E-state index in [-0.39, 0.29) is 130 Å². The molecule has 0 atom stereocenters. The Morgan fingerprint density at radius 3 is 0.618 bits per heavy atom. The van der Waals surface area contributed by atoms with Gasteiger partial charge < -0.3 is 73.8 Å². The van der Waals surface area contributed by atoms with E-state index in [2.05, 4.69) is 0 Å². The smallest absolute Gasteiger partial charge is 0.261 e. The van der Waals surface area contributed by atoms with Crippen molar-refractivity contribution in [2.24, 2.45) is 0 Å². The van der Waals surface area contributed by atoms with Crippen LogP contribution in [0.15, 0.2) is 29.4 Å². The predicted octanol–water partition coefficient (Wildman–Crippen LogP) is 7.31. The zero-order valence-corrected chi connectivity index (χ0v) is 49.5. The summed E-state index contributed by atoms with van der Waals surface area (Å²) in [6, 6.07) is 0. The number of hydrogen-bond acceptors (Lipinski definition) is 21. The molecule has 6 N–H and O–H groups in total. The maximum Gasteiger partial charge on any atom is 0.261 e. The predicted molar refractivity (Wildman–Crippen MR) is 293 cm³/mol. The molecule has 0 fully saturated rings. The molecule has 6 aliphatic rings. The van der Waals surface area contributed by atoms with Gasteiger partial charge >= 0.3 is 0 Å². The number of thioether (sulfide) groups is 6. The molecule has 0 saturated heterocycles. The van der Waals surface area contributed by atoms with E-state index in [0.717, 1.165) is 0 Å². The second-order valence-corrected chi connectivity index (χ2v) is 31.0. The highest BCUT2D eigenvalue weighted by atomic mass is 32.2. The number of hydrogen-bond donors (Lipinski definition) is 6. The summed E-state index contributed by atoms with van der Waals surface area (Å²) in [5.74, 6) is 0.346. The molecule has 18 nitrogen and oxygen atoms in total. The average Bonchev–Trinajstić information content (AvgIpc) is 4.13. The number of nitrogens with zero attached hydrogens (tertiary/aromatic N) is 3. The summed E-state index contributed by atoms with van der Waals surface area (Å²) >= 11 is 8.41. The van der Waals surface area contributed by atoms with Gasteiger partial charge in [0.1, 0.15) is 16.7 Å². The van der Waals surface area contributed by atoms with Crippen LogP contribution in [0.4, 0.5) is 0 Å². The molecular weight excluding hydrogens is 1100 g/mol. The maximum atomic E-state index is 15.2. The topological polar surface area (TPSA) is 238 Å². The van der Waals surface area contributed by atoms with E-state index in [1.807, 2.05) is 83.1 Å². The minimum absolute atomic E-state index is 0.0794. The van der Waals surface area contributed by atoms with Crippen LogP contribution in [-0.4, -0.2) is 172 Å². The standard InChI is InChI=1S/C52H66N3O15S6/c1-47(2)65-32-29(44(62)53(13-19-56)14-20-57)33-39(72-48(3,4)66-33)26(38(32)71-47)25(27-40-34(67-49(5,6)73-40)30(35-41(27)74-50(7,8)68-35)45(63)54(15-21-58)16-22-59)28-42-36(69-51(9,10)75-42)31(37-43(28)76-52(11,12)70-37)46(64)55(17-23-60)18-24-61/h56-61H,13-24H2,1-12H3. The lowest BCUT2D eigenvalue weighted by Gasteiger charge is -2.30. The molecule has 3 amide bonds. The summed E-state index contributed by atoms with van der Waals surface area (Å²) < 4.78 is 41.7. The average molecular weight is 1170 g/mol. The molecule has 3 aromatic carbocycles. The molecule has 0 bridgehead atoms. The Labute approximate surface area is 468 Å². The first-order valence-corrected chi connectivity index (χ1v) is 29.9. The van der Waals surface area contributed by atoms with Crippen molar-refractivity contribution in [1.82, 2.24) is 14.7 Å². The SMILES string of the molecule is CC1(C)Oc2c(c([C](c3c4c(c(C(=O)N(CCO)CCO)c5c3SC(C)(C)O5)OC(C)(C)S4)c3c4c(c(C(=O)N(CCO)CCO)c5c3SC(C)(C)O5)OC(C)(C)S4)c3c(c2C(=O)N(CCO)CCO)OC(C)(C)S3)S1. The molecule has 9 rings (SSSR count). The fraction of sp³-hybridized carbons (Fsp3) is 0.577. The molecule has 0 aromatic heterocycles. The molecule has 6 heterocycles. The second kappa shape index (κ2) is 20.7. The monoisotopic (exact) mass is 1160 g/mol. The number of carbonyl (C=O) groups excluding carboxylic acids is 3. The van der Waals surface area contributed by atoms with Gasteiger partial charge in [0.25, 0.3) is 17.7 Å². The van der Waals surface area contributed by atoms with Gasteiger partial charge in [-0.15, -0.1) is 0 Å². The van der Waals surface area contributed by atoms with Crippen molar-refractivity contribution in [3.05, 3.63) is 39.3 Å². The van der Waals surface area contributed by atoms with Gasteiger partial charge in [-0.2, -0.15) is 0 Å². The Hall–Kier alpha value is -3.27. The van der Waals surface area contributed by atoms with Crippen molar-refractivity contribution >= 4 is 88.3 Å². The van der Waals surface area contributed by atoms with Crippen molar-refractivity contribution in [1.29, 1.82) is 0 Å². The summed E-state index contributed by atoms with van der Waals surface area (Å²) in [5.41, 5.74) is 2.17. The van der Waals surface area contributed by atoms with Crippen molar-refractivity contribution in [2.45, 2.75) is 142 Å². The van der Waals surface area contributed by atoms with Crippen LogP contribution in [0.3, 0.4) is 0 Å². The maximum absolute atomic E-state index is 15.2. The summed E-state index contributed by atoms with van der Waals surface area (Å²) in [4.78, 5) is 47.2. The third kappa shape index (κ3) is 10.3. The summed E-state index contributed by atoms with van der Waals surface area (Å²) in [6.45, 7) is 20.1. The fourth-order valence-electron chi connectivity index (χ4n) is 10.0. The number of amides is 3. The molecule has 3 aromatic rings. The van der Waals surface area contributed by atoms with Gasteiger partial charge in [0.15, 0.2) is 64.1 Å². The van der Waals surface area contributed by atoms with Gasteiger partial charge in [-0.3, -0.25) is 14.4 Å². The molecule has 6 aliphatic heterocycles. The first-order valence-electron chi connectivity index (χ1n) is 25.0. The van der Waals surface area contributed by atoms with E-state index in [4.69, 9.17) is 28.4 Å². The number of aliphatic hydroxyl groups excluding tert-OH is 6. The highest BCUT2D eigenvalue weighted by Crippen LogP contribution is 2.71. The quantitative estimate of drug-likeness (QED) is 0.0685. The highest BCUT2D eigenvalue weighted by molar-refractivity contribution is 8.02. The van der Waals surface area contributed by atoms with E-state index in [9.17, 15) is 30.6 Å². The van der Waals surface area contributed by atoms with Crippen molar-refractivity contribution in [3.8, 4) is 34.5 Å². The minimum Gasteiger partial charge on any atom is -0.475 e. The van der Waals surface area contributed by atoms with Crippen LogP contribution < -0.4 is 28.4 Å². The molecule has 415 valence electrons. The summed E-state index contributed by atoms with van der Waals surface area (Å²) in [6.07, 6.45) is 0. The number of aliphatic hydroxyl groups is 6. The Balaban J connectivity index is 1.50. The molecule has 0 spiro atoms. The van der Waals surface area contributed by atoms with E-state index in [1.54, 1.807) is 0 Å². The van der Waals surface area contributed by atoms with Crippen molar-refractivity contribution < 1.29 is 73.4 Å². The van der Waals surface area contributed by atoms with Crippen molar-refractivity contribution in [2.75, 3.05) is 78.9 Å². The Kier molecular flexibility index (Phi) is 15.6. The second-order valence-electron chi connectivity index (χ2n) is 21.4. The lowest BCUT2D eigenvalue weighted by Crippen LogP contribution is -2.37. The number of carbonyl (C=O) groups is 3. The fourth-order valence-corrected chi connectivity index (χ4v) is 17.2. The number of fused-ring (bicyclic) bond motifs is 6. The molecule has 0 aliphatic carbocycles. The van der Waals surface area contributed by atoms with Crippen LogP contribution in [0.25, 0.3) is 0 Å². The Morgan fingerprint density at radius 2 is 0.474 bits per heavy atom. The van der Waals surface area contributed by atoms with Crippen LogP contribution in [0.5, 0.6) is 34.5 Å². The van der Waals surface area contributed by atoms with Gasteiger partial charge in [0.05, 0.1) is 74.9 Å². The van der Waals surface area contributed by atoms with Crippen LogP contribution >= 0.6 is 70.6 Å². The lowest BCUT2D eigenvalue weighted by molar-refractivity contribution is 0.0664. The van der Waals surface area contributed by atoms with Crippen LogP contribution in [-0.2, 0) is 0 Å².